The smallest absolute Gasteiger partial charge is 0.314 e. The van der Waals surface area contributed by atoms with Crippen LogP contribution in [-0.4, -0.2) is 24.8 Å². The van der Waals surface area contributed by atoms with Gasteiger partial charge >= 0.3 is 5.97 Å². The van der Waals surface area contributed by atoms with E-state index in [1.807, 2.05) is 0 Å². The number of methoxy groups -OCH3 is 1. The molecule has 0 aromatic carbocycles. The van der Waals surface area contributed by atoms with Gasteiger partial charge in [0.1, 0.15) is 0 Å². The van der Waals surface area contributed by atoms with Gasteiger partial charge in [0.25, 0.3) is 0 Å². The summed E-state index contributed by atoms with van der Waals surface area (Å²) in [6, 6.07) is 0. The van der Waals surface area contributed by atoms with Crippen molar-refractivity contribution in [3.63, 3.8) is 0 Å². The molecule has 0 aliphatic heterocycles. The molecule has 126 valence electrons. The summed E-state index contributed by atoms with van der Waals surface area (Å²) in [5, 5.41) is 10.0. The van der Waals surface area contributed by atoms with E-state index in [2.05, 4.69) is 32.9 Å². The highest BCUT2D eigenvalue weighted by molar-refractivity contribution is 5.79. The third-order valence-corrected chi connectivity index (χ3v) is 4.63. The van der Waals surface area contributed by atoms with Crippen molar-refractivity contribution in [2.45, 2.75) is 65.7 Å². The molecule has 0 saturated carbocycles. The van der Waals surface area contributed by atoms with Crippen LogP contribution in [0.5, 0.6) is 0 Å². The topological polar surface area (TPSA) is 46.5 Å². The summed E-state index contributed by atoms with van der Waals surface area (Å²) in [5.41, 5.74) is 1.76. The first-order valence-electron chi connectivity index (χ1n) is 8.70. The average Bonchev–Trinajstić information content (AvgIpc) is 2.47. The Morgan fingerprint density at radius 2 is 1.91 bits per heavy atom. The number of hydrogen-bond donors (Lipinski definition) is 1. The van der Waals surface area contributed by atoms with Crippen LogP contribution >= 0.6 is 0 Å². The molecule has 0 radical (unpaired) electrons. The van der Waals surface area contributed by atoms with E-state index in [-0.39, 0.29) is 5.92 Å². The van der Waals surface area contributed by atoms with E-state index in [4.69, 9.17) is 4.74 Å². The molecule has 0 fully saturated rings. The van der Waals surface area contributed by atoms with Gasteiger partial charge < -0.3 is 9.84 Å². The first kappa shape index (κ1) is 19.0. The molecule has 3 nitrogen and oxygen atoms in total. The van der Waals surface area contributed by atoms with Crippen LogP contribution in [0, 0.1) is 11.3 Å². The SMILES string of the molecule is CCCC1=CC(CCC)(C(=O)O)C(CCOC)C(CCC)=C1. The molecule has 22 heavy (non-hydrogen) atoms. The second-order valence-electron chi connectivity index (χ2n) is 6.37. The lowest BCUT2D eigenvalue weighted by atomic mass is 9.63. The van der Waals surface area contributed by atoms with Gasteiger partial charge in [-0.05, 0) is 25.7 Å². The van der Waals surface area contributed by atoms with Gasteiger partial charge in [0.05, 0.1) is 5.41 Å². The van der Waals surface area contributed by atoms with Gasteiger partial charge in [-0.25, -0.2) is 0 Å². The second kappa shape index (κ2) is 9.14. The van der Waals surface area contributed by atoms with E-state index in [1.54, 1.807) is 7.11 Å². The number of carboxylic acid groups (broad SMARTS) is 1. The summed E-state index contributed by atoms with van der Waals surface area (Å²) in [7, 11) is 1.69. The summed E-state index contributed by atoms with van der Waals surface area (Å²) >= 11 is 0. The standard InChI is InChI=1S/C19H32O3/c1-5-8-15-13-16(9-6-2)17(10-12-22-4)19(14-15,11-7-3)18(20)21/h13-14,17H,5-12H2,1-4H3,(H,20,21). The van der Waals surface area contributed by atoms with Gasteiger partial charge in [-0.2, -0.15) is 0 Å². The molecule has 1 rings (SSSR count). The lowest BCUT2D eigenvalue weighted by Gasteiger charge is -2.40. The number of hydrogen-bond acceptors (Lipinski definition) is 2. The minimum Gasteiger partial charge on any atom is -0.481 e. The first-order valence-corrected chi connectivity index (χ1v) is 8.70. The molecule has 0 spiro atoms. The van der Waals surface area contributed by atoms with Crippen molar-refractivity contribution in [3.05, 3.63) is 23.3 Å². The zero-order valence-corrected chi connectivity index (χ0v) is 14.7. The minimum atomic E-state index is -0.753. The molecule has 2 unspecified atom stereocenters. The van der Waals surface area contributed by atoms with Crippen LogP contribution < -0.4 is 0 Å². The van der Waals surface area contributed by atoms with Crippen molar-refractivity contribution in [2.75, 3.05) is 13.7 Å². The fourth-order valence-corrected chi connectivity index (χ4v) is 3.77. The van der Waals surface area contributed by atoms with Crippen LogP contribution in [0.15, 0.2) is 23.3 Å². The Morgan fingerprint density at radius 3 is 2.41 bits per heavy atom. The van der Waals surface area contributed by atoms with Gasteiger partial charge in [0, 0.05) is 19.6 Å². The summed E-state index contributed by atoms with van der Waals surface area (Å²) < 4.78 is 5.26. The van der Waals surface area contributed by atoms with E-state index in [9.17, 15) is 9.90 Å². The Labute approximate surface area is 135 Å². The Kier molecular flexibility index (Phi) is 7.88. The Balaban J connectivity index is 3.29. The molecule has 1 N–H and O–H groups in total. The van der Waals surface area contributed by atoms with E-state index in [0.717, 1.165) is 38.5 Å². The van der Waals surface area contributed by atoms with Crippen LogP contribution in [-0.2, 0) is 9.53 Å². The second-order valence-corrected chi connectivity index (χ2v) is 6.37. The maximum absolute atomic E-state index is 12.2. The zero-order chi connectivity index (χ0) is 16.6. The van der Waals surface area contributed by atoms with Crippen molar-refractivity contribution in [1.29, 1.82) is 0 Å². The number of ether oxygens (including phenoxy) is 1. The van der Waals surface area contributed by atoms with Crippen LogP contribution in [0.4, 0.5) is 0 Å². The molecule has 0 aromatic rings. The highest BCUT2D eigenvalue weighted by Gasteiger charge is 2.46. The average molecular weight is 308 g/mol. The van der Waals surface area contributed by atoms with Gasteiger partial charge in [-0.1, -0.05) is 63.3 Å². The van der Waals surface area contributed by atoms with Gasteiger partial charge in [-0.15, -0.1) is 0 Å². The summed E-state index contributed by atoms with van der Waals surface area (Å²) in [6.07, 6.45) is 10.7. The summed E-state index contributed by atoms with van der Waals surface area (Å²) in [4.78, 5) is 12.2. The molecule has 0 saturated heterocycles. The molecule has 0 amide bonds. The maximum Gasteiger partial charge on any atom is 0.314 e. The summed E-state index contributed by atoms with van der Waals surface area (Å²) in [6.45, 7) is 6.99. The monoisotopic (exact) mass is 308 g/mol. The van der Waals surface area contributed by atoms with Gasteiger partial charge in [-0.3, -0.25) is 4.79 Å². The van der Waals surface area contributed by atoms with E-state index in [1.165, 1.54) is 11.1 Å². The molecular weight excluding hydrogens is 276 g/mol. The molecule has 3 heteroatoms. The maximum atomic E-state index is 12.2. The van der Waals surface area contributed by atoms with Crippen molar-refractivity contribution >= 4 is 5.97 Å². The molecule has 0 bridgehead atoms. The van der Waals surface area contributed by atoms with E-state index in [0.29, 0.717) is 13.0 Å². The van der Waals surface area contributed by atoms with Crippen LogP contribution in [0.1, 0.15) is 65.7 Å². The molecule has 1 aliphatic rings. The Bertz CT molecular complexity index is 422. The normalized spacial score (nSPS) is 24.8. The number of carbonyl (C=O) groups is 1. The number of rotatable bonds is 10. The van der Waals surface area contributed by atoms with Crippen molar-refractivity contribution in [1.82, 2.24) is 0 Å². The van der Waals surface area contributed by atoms with Gasteiger partial charge in [0.2, 0.25) is 0 Å². The lowest BCUT2D eigenvalue weighted by molar-refractivity contribution is -0.149. The van der Waals surface area contributed by atoms with E-state index >= 15 is 0 Å². The zero-order valence-electron chi connectivity index (χ0n) is 14.7. The van der Waals surface area contributed by atoms with Gasteiger partial charge in [0.15, 0.2) is 0 Å². The fraction of sp³-hybridized carbons (Fsp3) is 0.737. The largest absolute Gasteiger partial charge is 0.481 e. The third-order valence-electron chi connectivity index (χ3n) is 4.63. The Hall–Kier alpha value is -1.09. The third kappa shape index (κ3) is 4.22. The molecule has 1 aliphatic carbocycles. The van der Waals surface area contributed by atoms with Crippen molar-refractivity contribution in [2.24, 2.45) is 11.3 Å². The van der Waals surface area contributed by atoms with Crippen molar-refractivity contribution in [3.8, 4) is 0 Å². The highest BCUT2D eigenvalue weighted by Crippen LogP contribution is 2.47. The molecular formula is C19H32O3. The lowest BCUT2D eigenvalue weighted by Crippen LogP contribution is -2.40. The molecule has 0 aromatic heterocycles. The fourth-order valence-electron chi connectivity index (χ4n) is 3.77. The predicted octanol–water partition coefficient (Wildman–Crippen LogP) is 4.98. The van der Waals surface area contributed by atoms with Crippen LogP contribution in [0.3, 0.4) is 0 Å². The quantitative estimate of drug-likeness (QED) is 0.619. The number of aliphatic carboxylic acids is 1. The van der Waals surface area contributed by atoms with Crippen molar-refractivity contribution < 1.29 is 14.6 Å². The highest BCUT2D eigenvalue weighted by atomic mass is 16.5. The molecule has 2 atom stereocenters. The minimum absolute atomic E-state index is 0.0606. The summed E-state index contributed by atoms with van der Waals surface area (Å²) in [5.74, 6) is -0.615. The first-order chi connectivity index (χ1) is 10.6. The van der Waals surface area contributed by atoms with Crippen LogP contribution in [0.2, 0.25) is 0 Å². The number of carboxylic acids is 1. The predicted molar refractivity (Wildman–Crippen MR) is 90.9 cm³/mol. The van der Waals surface area contributed by atoms with E-state index < -0.39 is 11.4 Å². The molecule has 0 heterocycles. The number of allylic oxidation sites excluding steroid dienone is 3. The Morgan fingerprint density at radius 1 is 1.23 bits per heavy atom. The van der Waals surface area contributed by atoms with Crippen LogP contribution in [0.25, 0.3) is 0 Å².